The maximum Gasteiger partial charge on any atom is 0.267 e. The van der Waals surface area contributed by atoms with E-state index in [1.54, 1.807) is 4.90 Å². The number of carbonyl (C=O) groups is 2. The second-order valence-electron chi connectivity index (χ2n) is 6.89. The molecule has 3 rings (SSSR count). The van der Waals surface area contributed by atoms with Crippen molar-refractivity contribution in [1.82, 2.24) is 10.2 Å². The molecule has 1 N–H and O–H groups in total. The molecule has 0 bridgehead atoms. The molecule has 2 aliphatic rings. The average Bonchev–Trinajstić information content (AvgIpc) is 2.64. The third-order valence-corrected chi connectivity index (χ3v) is 5.18. The van der Waals surface area contributed by atoms with E-state index in [0.717, 1.165) is 38.5 Å². The van der Waals surface area contributed by atoms with Crippen molar-refractivity contribution >= 4 is 11.8 Å². The molecule has 136 valence electrons. The summed E-state index contributed by atoms with van der Waals surface area (Å²) < 4.78 is 19.0. The van der Waals surface area contributed by atoms with Crippen LogP contribution in [-0.2, 0) is 9.59 Å². The van der Waals surface area contributed by atoms with Gasteiger partial charge in [-0.3, -0.25) is 9.59 Å². The minimum Gasteiger partial charge on any atom is -0.478 e. The quantitative estimate of drug-likeness (QED) is 0.804. The molecule has 1 unspecified atom stereocenters. The highest BCUT2D eigenvalue weighted by Gasteiger charge is 2.62. The van der Waals surface area contributed by atoms with Crippen molar-refractivity contribution in [1.29, 1.82) is 0 Å². The molecule has 2 amide bonds. The van der Waals surface area contributed by atoms with Gasteiger partial charge in [0.1, 0.15) is 18.1 Å². The predicted octanol–water partition coefficient (Wildman–Crippen LogP) is 2.64. The molecule has 1 spiro atoms. The van der Waals surface area contributed by atoms with Crippen LogP contribution >= 0.6 is 0 Å². The summed E-state index contributed by atoms with van der Waals surface area (Å²) in [5, 5.41) is 2.83. The van der Waals surface area contributed by atoms with Crippen molar-refractivity contribution in [2.24, 2.45) is 0 Å². The SMILES string of the molecule is CCCNC(=O)CN1C(=O)C(Oc2ccc(F)cc2)C12CCCCC2. The normalized spacial score (nSPS) is 21.8. The number of amides is 2. The number of halogens is 1. The number of likely N-dealkylation sites (tertiary alicyclic amines) is 1. The molecule has 1 aromatic carbocycles. The Bertz CT molecular complexity index is 626. The Morgan fingerprint density at radius 3 is 2.60 bits per heavy atom. The van der Waals surface area contributed by atoms with Gasteiger partial charge in [-0.2, -0.15) is 0 Å². The summed E-state index contributed by atoms with van der Waals surface area (Å²) >= 11 is 0. The molecular formula is C19H25FN2O3. The molecule has 2 fully saturated rings. The van der Waals surface area contributed by atoms with Crippen LogP contribution in [0.25, 0.3) is 0 Å². The zero-order valence-corrected chi connectivity index (χ0v) is 14.6. The monoisotopic (exact) mass is 348 g/mol. The van der Waals surface area contributed by atoms with E-state index in [0.29, 0.717) is 12.3 Å². The first-order valence-corrected chi connectivity index (χ1v) is 9.07. The molecule has 5 nitrogen and oxygen atoms in total. The summed E-state index contributed by atoms with van der Waals surface area (Å²) in [6, 6.07) is 5.72. The van der Waals surface area contributed by atoms with Crippen molar-refractivity contribution in [3.05, 3.63) is 30.1 Å². The van der Waals surface area contributed by atoms with Crippen LogP contribution in [0.2, 0.25) is 0 Å². The molecule has 1 aromatic rings. The van der Waals surface area contributed by atoms with Crippen molar-refractivity contribution in [3.8, 4) is 5.75 Å². The number of benzene rings is 1. The van der Waals surface area contributed by atoms with Crippen molar-refractivity contribution in [2.75, 3.05) is 13.1 Å². The van der Waals surface area contributed by atoms with Crippen molar-refractivity contribution < 1.29 is 18.7 Å². The first-order valence-electron chi connectivity index (χ1n) is 9.07. The number of rotatable bonds is 6. The molecule has 0 radical (unpaired) electrons. The van der Waals surface area contributed by atoms with Crippen molar-refractivity contribution in [2.45, 2.75) is 57.1 Å². The molecule has 1 aliphatic heterocycles. The highest BCUT2D eigenvalue weighted by Crippen LogP contribution is 2.45. The lowest BCUT2D eigenvalue weighted by Crippen LogP contribution is -2.77. The standard InChI is InChI=1S/C19H25FN2O3/c1-2-12-21-16(23)13-22-18(24)17(19(22)10-4-3-5-11-19)25-15-8-6-14(20)7-9-15/h6-9,17H,2-5,10-13H2,1H3,(H,21,23). The summed E-state index contributed by atoms with van der Waals surface area (Å²) in [6.45, 7) is 2.69. The molecule has 1 aliphatic carbocycles. The number of nitrogens with one attached hydrogen (secondary N) is 1. The number of carbonyl (C=O) groups excluding carboxylic acids is 2. The zero-order valence-electron chi connectivity index (χ0n) is 14.6. The van der Waals surface area contributed by atoms with Gasteiger partial charge in [0.25, 0.3) is 5.91 Å². The summed E-state index contributed by atoms with van der Waals surface area (Å²) in [6.07, 6.45) is 5.12. The van der Waals surface area contributed by atoms with E-state index >= 15 is 0 Å². The molecule has 1 atom stereocenters. The molecule has 1 saturated heterocycles. The van der Waals surface area contributed by atoms with Crippen LogP contribution in [0.15, 0.2) is 24.3 Å². The highest BCUT2D eigenvalue weighted by atomic mass is 19.1. The number of nitrogens with zero attached hydrogens (tertiary/aromatic N) is 1. The fourth-order valence-corrected chi connectivity index (χ4v) is 3.87. The first kappa shape index (κ1) is 17.7. The van der Waals surface area contributed by atoms with Gasteiger partial charge in [0.2, 0.25) is 5.91 Å². The highest BCUT2D eigenvalue weighted by molar-refractivity contribution is 5.94. The van der Waals surface area contributed by atoms with Gasteiger partial charge in [0.05, 0.1) is 5.54 Å². The van der Waals surface area contributed by atoms with E-state index in [1.807, 2.05) is 6.92 Å². The predicted molar refractivity (Wildman–Crippen MR) is 91.6 cm³/mol. The average molecular weight is 348 g/mol. The molecular weight excluding hydrogens is 323 g/mol. The fourth-order valence-electron chi connectivity index (χ4n) is 3.87. The summed E-state index contributed by atoms with van der Waals surface area (Å²) in [7, 11) is 0. The lowest BCUT2D eigenvalue weighted by molar-refractivity contribution is -0.187. The third kappa shape index (κ3) is 3.48. The number of hydrogen-bond acceptors (Lipinski definition) is 3. The summed E-state index contributed by atoms with van der Waals surface area (Å²) in [5.74, 6) is -0.132. The van der Waals surface area contributed by atoms with Gasteiger partial charge in [-0.05, 0) is 43.5 Å². The Labute approximate surface area is 147 Å². The number of ether oxygens (including phenoxy) is 1. The Balaban J connectivity index is 1.73. The minimum atomic E-state index is -0.586. The van der Waals surface area contributed by atoms with E-state index in [2.05, 4.69) is 5.32 Å². The lowest BCUT2D eigenvalue weighted by Gasteiger charge is -2.58. The van der Waals surface area contributed by atoms with Gasteiger partial charge in [-0.1, -0.05) is 26.2 Å². The van der Waals surface area contributed by atoms with E-state index in [4.69, 9.17) is 4.74 Å². The van der Waals surface area contributed by atoms with E-state index in [1.165, 1.54) is 24.3 Å². The smallest absolute Gasteiger partial charge is 0.267 e. The topological polar surface area (TPSA) is 58.6 Å². The van der Waals surface area contributed by atoms with Gasteiger partial charge < -0.3 is 15.0 Å². The zero-order chi connectivity index (χ0) is 17.9. The van der Waals surface area contributed by atoms with Crippen LogP contribution < -0.4 is 10.1 Å². The van der Waals surface area contributed by atoms with Crippen LogP contribution in [0.4, 0.5) is 4.39 Å². The van der Waals surface area contributed by atoms with Crippen molar-refractivity contribution in [3.63, 3.8) is 0 Å². The molecule has 1 heterocycles. The first-order chi connectivity index (χ1) is 12.1. The van der Waals surface area contributed by atoms with Crippen LogP contribution in [0, 0.1) is 5.82 Å². The van der Waals surface area contributed by atoms with Crippen LogP contribution in [0.5, 0.6) is 5.75 Å². The number of hydrogen-bond donors (Lipinski definition) is 1. The maximum absolute atomic E-state index is 13.1. The Hall–Kier alpha value is -2.11. The van der Waals surface area contributed by atoms with E-state index in [-0.39, 0.29) is 24.2 Å². The Morgan fingerprint density at radius 2 is 1.96 bits per heavy atom. The van der Waals surface area contributed by atoms with Gasteiger partial charge in [0.15, 0.2) is 6.10 Å². The van der Waals surface area contributed by atoms with Crippen LogP contribution in [0.3, 0.4) is 0 Å². The maximum atomic E-state index is 13.1. The van der Waals surface area contributed by atoms with Gasteiger partial charge in [0, 0.05) is 6.54 Å². The second kappa shape index (κ2) is 7.42. The molecule has 25 heavy (non-hydrogen) atoms. The van der Waals surface area contributed by atoms with Gasteiger partial charge >= 0.3 is 0 Å². The summed E-state index contributed by atoms with van der Waals surface area (Å²) in [4.78, 5) is 26.4. The van der Waals surface area contributed by atoms with E-state index in [9.17, 15) is 14.0 Å². The fraction of sp³-hybridized carbons (Fsp3) is 0.579. The van der Waals surface area contributed by atoms with Crippen LogP contribution in [-0.4, -0.2) is 41.4 Å². The Kier molecular flexibility index (Phi) is 5.25. The Morgan fingerprint density at radius 1 is 1.28 bits per heavy atom. The largest absolute Gasteiger partial charge is 0.478 e. The molecule has 1 saturated carbocycles. The van der Waals surface area contributed by atoms with E-state index < -0.39 is 11.6 Å². The molecule has 6 heteroatoms. The second-order valence-corrected chi connectivity index (χ2v) is 6.89. The number of β-lactam (4-membered cyclic amide) rings is 1. The van der Waals surface area contributed by atoms with Gasteiger partial charge in [-0.15, -0.1) is 0 Å². The third-order valence-electron chi connectivity index (χ3n) is 5.18. The minimum absolute atomic E-state index is 0.0854. The summed E-state index contributed by atoms with van der Waals surface area (Å²) in [5.41, 5.74) is -0.409. The lowest BCUT2D eigenvalue weighted by atomic mass is 9.70. The van der Waals surface area contributed by atoms with Crippen LogP contribution in [0.1, 0.15) is 45.4 Å². The molecule has 0 aromatic heterocycles. The van der Waals surface area contributed by atoms with Gasteiger partial charge in [-0.25, -0.2) is 4.39 Å².